The van der Waals surface area contributed by atoms with Gasteiger partial charge in [0.2, 0.25) is 0 Å². The van der Waals surface area contributed by atoms with Gasteiger partial charge in [-0.2, -0.15) is 10.4 Å². The second kappa shape index (κ2) is 8.47. The number of ether oxygens (including phenoxy) is 1. The van der Waals surface area contributed by atoms with Crippen molar-refractivity contribution in [2.24, 2.45) is 0 Å². The largest absolute Gasteiger partial charge is 0.465 e. The minimum atomic E-state index is -0.669. The Hall–Kier alpha value is -3.17. The highest BCUT2D eigenvalue weighted by Gasteiger charge is 2.14. The van der Waals surface area contributed by atoms with E-state index in [4.69, 9.17) is 0 Å². The van der Waals surface area contributed by atoms with Crippen LogP contribution < -0.4 is 0 Å². The molecule has 1 heterocycles. The highest BCUT2D eigenvalue weighted by molar-refractivity contribution is 9.10. The van der Waals surface area contributed by atoms with Gasteiger partial charge in [-0.3, -0.25) is 4.68 Å². The fourth-order valence-electron chi connectivity index (χ4n) is 2.62. The first-order chi connectivity index (χ1) is 13.1. The van der Waals surface area contributed by atoms with Crippen LogP contribution in [0.3, 0.4) is 0 Å². The molecule has 3 aromatic rings. The molecule has 0 N–H and O–H groups in total. The summed E-state index contributed by atoms with van der Waals surface area (Å²) in [6.45, 7) is 0.571. The maximum absolute atomic E-state index is 11.8. The summed E-state index contributed by atoms with van der Waals surface area (Å²) in [6.07, 6.45) is 3.34. The molecule has 134 valence electrons. The summed E-state index contributed by atoms with van der Waals surface area (Å²) in [4.78, 5) is 11.8. The fraction of sp³-hybridized carbons (Fsp3) is 0.0952. The zero-order chi connectivity index (χ0) is 19.2. The Morgan fingerprint density at radius 2 is 1.93 bits per heavy atom. The number of rotatable bonds is 5. The highest BCUT2D eigenvalue weighted by Crippen LogP contribution is 2.25. The lowest BCUT2D eigenvalue weighted by Gasteiger charge is -2.02. The minimum absolute atomic E-state index is 0.0714. The molecule has 27 heavy (non-hydrogen) atoms. The Kier molecular flexibility index (Phi) is 5.84. The molecule has 0 aliphatic carbocycles. The number of hydrogen-bond donors (Lipinski definition) is 0. The van der Waals surface area contributed by atoms with E-state index in [2.05, 4.69) is 25.8 Å². The van der Waals surface area contributed by atoms with Crippen LogP contribution in [0.25, 0.3) is 17.3 Å². The van der Waals surface area contributed by atoms with Gasteiger partial charge in [-0.15, -0.1) is 0 Å². The van der Waals surface area contributed by atoms with Crippen molar-refractivity contribution in [1.82, 2.24) is 9.78 Å². The molecule has 0 aliphatic rings. The lowest BCUT2D eigenvalue weighted by molar-refractivity contribution is -0.135. The van der Waals surface area contributed by atoms with Crippen molar-refractivity contribution >= 4 is 28.0 Å². The summed E-state index contributed by atoms with van der Waals surface area (Å²) in [7, 11) is 1.25. The number of nitrogens with zero attached hydrogens (tertiary/aromatic N) is 3. The van der Waals surface area contributed by atoms with E-state index in [0.717, 1.165) is 15.6 Å². The van der Waals surface area contributed by atoms with Gasteiger partial charge in [0.25, 0.3) is 0 Å². The summed E-state index contributed by atoms with van der Waals surface area (Å²) >= 11 is 3.43. The number of methoxy groups -OCH3 is 1. The first-order valence-corrected chi connectivity index (χ1v) is 8.97. The molecule has 0 bridgehead atoms. The van der Waals surface area contributed by atoms with E-state index < -0.39 is 5.97 Å². The number of aromatic nitrogens is 2. The second-order valence-electron chi connectivity index (χ2n) is 5.78. The molecule has 0 amide bonds. The number of halogens is 1. The predicted molar refractivity (Wildman–Crippen MR) is 107 cm³/mol. The molecule has 0 unspecified atom stereocenters. The van der Waals surface area contributed by atoms with Crippen LogP contribution in [-0.4, -0.2) is 22.9 Å². The van der Waals surface area contributed by atoms with Crippen LogP contribution in [0.15, 0.2) is 70.8 Å². The molecule has 6 heteroatoms. The summed E-state index contributed by atoms with van der Waals surface area (Å²) < 4.78 is 7.48. The van der Waals surface area contributed by atoms with Gasteiger partial charge in [-0.25, -0.2) is 4.79 Å². The van der Waals surface area contributed by atoms with Crippen molar-refractivity contribution in [1.29, 1.82) is 5.26 Å². The number of esters is 1. The van der Waals surface area contributed by atoms with Crippen LogP contribution in [0.1, 0.15) is 11.1 Å². The average molecular weight is 422 g/mol. The van der Waals surface area contributed by atoms with Gasteiger partial charge in [0.1, 0.15) is 11.6 Å². The molecule has 0 saturated carbocycles. The van der Waals surface area contributed by atoms with Gasteiger partial charge >= 0.3 is 5.97 Å². The van der Waals surface area contributed by atoms with Crippen molar-refractivity contribution < 1.29 is 9.53 Å². The number of carbonyl (C=O) groups excluding carboxylic acids is 1. The molecular formula is C21H16BrN3O2. The first-order valence-electron chi connectivity index (χ1n) is 8.18. The molecule has 3 rings (SSSR count). The summed E-state index contributed by atoms with van der Waals surface area (Å²) in [5.74, 6) is -0.669. The number of carbonyl (C=O) groups is 1. The van der Waals surface area contributed by atoms with E-state index >= 15 is 0 Å². The molecule has 5 nitrogen and oxygen atoms in total. The lowest BCUT2D eigenvalue weighted by Crippen LogP contribution is -2.02. The fourth-order valence-corrected chi connectivity index (χ4v) is 2.89. The van der Waals surface area contributed by atoms with Crippen molar-refractivity contribution in [3.8, 4) is 17.3 Å². The van der Waals surface area contributed by atoms with Gasteiger partial charge < -0.3 is 4.74 Å². The predicted octanol–water partition coefficient (Wildman–Crippen LogP) is 4.44. The smallest absolute Gasteiger partial charge is 0.348 e. The number of hydrogen-bond acceptors (Lipinski definition) is 4. The molecule has 0 spiro atoms. The van der Waals surface area contributed by atoms with Crippen LogP contribution >= 0.6 is 15.9 Å². The van der Waals surface area contributed by atoms with Gasteiger partial charge in [0, 0.05) is 21.8 Å². The van der Waals surface area contributed by atoms with E-state index in [1.807, 2.05) is 66.9 Å². The quantitative estimate of drug-likeness (QED) is 0.346. The molecule has 1 aromatic heterocycles. The number of benzene rings is 2. The standard InChI is InChI=1S/C21H16BrN3O2/c1-27-21(26)17(12-23)11-18-14-25(13-15-7-9-19(22)10-8-15)24-20(18)16-5-3-2-4-6-16/h2-11,14H,13H2,1H3/b17-11-. The Morgan fingerprint density at radius 1 is 1.22 bits per heavy atom. The van der Waals surface area contributed by atoms with Gasteiger partial charge in [0.05, 0.1) is 19.3 Å². The van der Waals surface area contributed by atoms with Crippen LogP contribution in [0, 0.1) is 11.3 Å². The van der Waals surface area contributed by atoms with Gasteiger partial charge in [0.15, 0.2) is 0 Å². The Balaban J connectivity index is 2.04. The molecule has 2 aromatic carbocycles. The van der Waals surface area contributed by atoms with Crippen LogP contribution in [-0.2, 0) is 16.1 Å². The summed E-state index contributed by atoms with van der Waals surface area (Å²) in [5, 5.41) is 13.9. The number of nitriles is 1. The molecule has 0 fully saturated rings. The van der Waals surface area contributed by atoms with Crippen molar-refractivity contribution in [2.45, 2.75) is 6.54 Å². The van der Waals surface area contributed by atoms with Crippen molar-refractivity contribution in [2.75, 3.05) is 7.11 Å². The zero-order valence-corrected chi connectivity index (χ0v) is 16.2. The van der Waals surface area contributed by atoms with E-state index in [9.17, 15) is 10.1 Å². The highest BCUT2D eigenvalue weighted by atomic mass is 79.9. The van der Waals surface area contributed by atoms with E-state index in [-0.39, 0.29) is 5.57 Å². The molecule has 0 atom stereocenters. The maximum Gasteiger partial charge on any atom is 0.348 e. The van der Waals surface area contributed by atoms with E-state index in [1.54, 1.807) is 4.68 Å². The maximum atomic E-state index is 11.8. The molecule has 0 saturated heterocycles. The SMILES string of the molecule is COC(=O)/C(C#N)=C\c1cn(Cc2ccc(Br)cc2)nc1-c1ccccc1. The Labute approximate surface area is 165 Å². The van der Waals surface area contributed by atoms with Crippen molar-refractivity contribution in [3.05, 3.63) is 82.0 Å². The van der Waals surface area contributed by atoms with Gasteiger partial charge in [-0.05, 0) is 23.8 Å². The molecule has 0 aliphatic heterocycles. The normalized spacial score (nSPS) is 11.1. The van der Waals surface area contributed by atoms with Crippen LogP contribution in [0.4, 0.5) is 0 Å². The zero-order valence-electron chi connectivity index (χ0n) is 14.6. The second-order valence-corrected chi connectivity index (χ2v) is 6.70. The van der Waals surface area contributed by atoms with Gasteiger partial charge in [-0.1, -0.05) is 58.4 Å². The van der Waals surface area contributed by atoms with Crippen molar-refractivity contribution in [3.63, 3.8) is 0 Å². The Bertz CT molecular complexity index is 1020. The minimum Gasteiger partial charge on any atom is -0.465 e. The third-order valence-electron chi connectivity index (χ3n) is 3.92. The third kappa shape index (κ3) is 4.52. The summed E-state index contributed by atoms with van der Waals surface area (Å²) in [6, 6.07) is 19.5. The van der Waals surface area contributed by atoms with Crippen LogP contribution in [0.5, 0.6) is 0 Å². The molecule has 0 radical (unpaired) electrons. The van der Waals surface area contributed by atoms with E-state index in [0.29, 0.717) is 17.8 Å². The Morgan fingerprint density at radius 3 is 2.56 bits per heavy atom. The van der Waals surface area contributed by atoms with E-state index in [1.165, 1.54) is 13.2 Å². The summed E-state index contributed by atoms with van der Waals surface area (Å²) in [5.41, 5.74) is 3.30. The topological polar surface area (TPSA) is 67.9 Å². The monoisotopic (exact) mass is 421 g/mol. The average Bonchev–Trinajstić information content (AvgIpc) is 3.10. The lowest BCUT2D eigenvalue weighted by atomic mass is 10.1. The third-order valence-corrected chi connectivity index (χ3v) is 4.45. The molecular weight excluding hydrogens is 406 g/mol. The van der Waals surface area contributed by atoms with Crippen LogP contribution in [0.2, 0.25) is 0 Å². The first kappa shape index (κ1) is 18.6.